The van der Waals surface area contributed by atoms with E-state index in [1.165, 1.54) is 11.1 Å². The number of ketones is 1. The third-order valence-electron chi connectivity index (χ3n) is 3.97. The van der Waals surface area contributed by atoms with Crippen molar-refractivity contribution in [3.63, 3.8) is 0 Å². The van der Waals surface area contributed by atoms with Crippen LogP contribution < -0.4 is 5.32 Å². The van der Waals surface area contributed by atoms with E-state index in [1.807, 2.05) is 13.1 Å². The Hall–Kier alpha value is -1.15. The average Bonchev–Trinajstić information content (AvgIpc) is 2.40. The van der Waals surface area contributed by atoms with Crippen molar-refractivity contribution in [1.82, 2.24) is 5.32 Å². The molecule has 2 rings (SSSR count). The summed E-state index contributed by atoms with van der Waals surface area (Å²) in [6.45, 7) is 2.15. The number of hydrogen-bond donors (Lipinski definition) is 1. The smallest absolute Gasteiger partial charge is 0.157 e. The molecule has 1 N–H and O–H groups in total. The number of Topliss-reactive ketones (excluding diaryl/α,β-unsaturated/α-hetero) is 1. The number of rotatable bonds is 3. The molecule has 92 valence electrons. The van der Waals surface area contributed by atoms with Gasteiger partial charge in [0, 0.05) is 6.42 Å². The highest BCUT2D eigenvalue weighted by molar-refractivity contribution is 5.90. The van der Waals surface area contributed by atoms with Gasteiger partial charge in [0.2, 0.25) is 0 Å². The van der Waals surface area contributed by atoms with E-state index in [0.717, 1.165) is 25.7 Å². The first-order valence-corrected chi connectivity index (χ1v) is 6.55. The largest absolute Gasteiger partial charge is 0.304 e. The maximum Gasteiger partial charge on any atom is 0.157 e. The molecule has 1 aliphatic rings. The molecule has 0 radical (unpaired) electrons. The van der Waals surface area contributed by atoms with E-state index in [2.05, 4.69) is 30.4 Å². The van der Waals surface area contributed by atoms with Gasteiger partial charge >= 0.3 is 0 Å². The van der Waals surface area contributed by atoms with Crippen molar-refractivity contribution in [2.75, 3.05) is 7.05 Å². The summed E-state index contributed by atoms with van der Waals surface area (Å²) < 4.78 is 0. The second-order valence-corrected chi connectivity index (χ2v) is 4.80. The van der Waals surface area contributed by atoms with Gasteiger partial charge in [0.05, 0.1) is 0 Å². The third-order valence-corrected chi connectivity index (χ3v) is 3.97. The second-order valence-electron chi connectivity index (χ2n) is 4.80. The Bertz CT molecular complexity index is 413. The Morgan fingerprint density at radius 2 is 2.06 bits per heavy atom. The Kier molecular flexibility index (Phi) is 3.63. The number of carbonyl (C=O) groups excluding carboxylic acids is 1. The molecule has 0 aromatic heterocycles. The van der Waals surface area contributed by atoms with Crippen LogP contribution in [0.4, 0.5) is 0 Å². The minimum Gasteiger partial charge on any atom is -0.304 e. The van der Waals surface area contributed by atoms with Gasteiger partial charge in [-0.2, -0.15) is 0 Å². The minimum absolute atomic E-state index is 0.354. The summed E-state index contributed by atoms with van der Waals surface area (Å²) in [5, 5.41) is 3.31. The summed E-state index contributed by atoms with van der Waals surface area (Å²) in [7, 11) is 1.91. The van der Waals surface area contributed by atoms with Gasteiger partial charge in [-0.1, -0.05) is 37.6 Å². The lowest BCUT2D eigenvalue weighted by Gasteiger charge is -2.37. The van der Waals surface area contributed by atoms with Gasteiger partial charge in [-0.25, -0.2) is 0 Å². The predicted molar refractivity (Wildman–Crippen MR) is 70.0 cm³/mol. The van der Waals surface area contributed by atoms with Gasteiger partial charge in [-0.05, 0) is 37.4 Å². The first-order chi connectivity index (χ1) is 8.24. The van der Waals surface area contributed by atoms with Crippen LogP contribution in [0.2, 0.25) is 0 Å². The Balaban J connectivity index is 2.49. The fourth-order valence-corrected chi connectivity index (χ4v) is 2.96. The van der Waals surface area contributed by atoms with E-state index in [0.29, 0.717) is 12.2 Å². The number of carbonyl (C=O) groups is 1. The molecule has 0 bridgehead atoms. The molecule has 0 heterocycles. The minimum atomic E-state index is -0.426. The lowest BCUT2D eigenvalue weighted by Crippen LogP contribution is -2.49. The summed E-state index contributed by atoms with van der Waals surface area (Å²) in [5.74, 6) is 0.354. The van der Waals surface area contributed by atoms with Crippen LogP contribution in [0.15, 0.2) is 24.3 Å². The Morgan fingerprint density at radius 1 is 1.29 bits per heavy atom. The van der Waals surface area contributed by atoms with E-state index in [-0.39, 0.29) is 0 Å². The zero-order chi connectivity index (χ0) is 12.3. The fourth-order valence-electron chi connectivity index (χ4n) is 2.96. The van der Waals surface area contributed by atoms with Crippen molar-refractivity contribution < 1.29 is 4.79 Å². The standard InChI is InChI=1S/C15H21NO/c1-3-12-8-4-5-9-13(12)15(16-2)11-7-6-10-14(15)17/h4-5,8-9,16H,3,6-7,10-11H2,1-2H3. The van der Waals surface area contributed by atoms with Crippen LogP contribution in [-0.4, -0.2) is 12.8 Å². The maximum atomic E-state index is 12.4. The third kappa shape index (κ3) is 2.02. The number of benzene rings is 1. The van der Waals surface area contributed by atoms with E-state index in [9.17, 15) is 4.79 Å². The predicted octanol–water partition coefficient (Wildman–Crippen LogP) is 2.81. The molecular weight excluding hydrogens is 210 g/mol. The van der Waals surface area contributed by atoms with Crippen LogP contribution in [0.25, 0.3) is 0 Å². The average molecular weight is 231 g/mol. The van der Waals surface area contributed by atoms with Crippen molar-refractivity contribution in [2.24, 2.45) is 0 Å². The summed E-state index contributed by atoms with van der Waals surface area (Å²) in [6.07, 6.45) is 4.78. The molecule has 0 saturated heterocycles. The highest BCUT2D eigenvalue weighted by Crippen LogP contribution is 2.36. The molecule has 0 spiro atoms. The van der Waals surface area contributed by atoms with Crippen molar-refractivity contribution in [1.29, 1.82) is 0 Å². The summed E-state index contributed by atoms with van der Waals surface area (Å²) in [4.78, 5) is 12.4. The topological polar surface area (TPSA) is 29.1 Å². The van der Waals surface area contributed by atoms with Gasteiger partial charge in [0.25, 0.3) is 0 Å². The van der Waals surface area contributed by atoms with Crippen molar-refractivity contribution in [3.8, 4) is 0 Å². The monoisotopic (exact) mass is 231 g/mol. The summed E-state index contributed by atoms with van der Waals surface area (Å²) >= 11 is 0. The Morgan fingerprint density at radius 3 is 2.71 bits per heavy atom. The van der Waals surface area contributed by atoms with Crippen LogP contribution >= 0.6 is 0 Å². The van der Waals surface area contributed by atoms with Crippen LogP contribution in [0, 0.1) is 0 Å². The van der Waals surface area contributed by atoms with Gasteiger partial charge < -0.3 is 5.32 Å². The quantitative estimate of drug-likeness (QED) is 0.866. The molecule has 17 heavy (non-hydrogen) atoms. The highest BCUT2D eigenvalue weighted by Gasteiger charge is 2.40. The second kappa shape index (κ2) is 5.01. The molecular formula is C15H21NO. The molecule has 0 amide bonds. The summed E-state index contributed by atoms with van der Waals surface area (Å²) in [5.41, 5.74) is 2.05. The molecule has 1 aliphatic carbocycles. The lowest BCUT2D eigenvalue weighted by molar-refractivity contribution is -0.127. The maximum absolute atomic E-state index is 12.4. The van der Waals surface area contributed by atoms with Gasteiger partial charge in [0.1, 0.15) is 5.54 Å². The highest BCUT2D eigenvalue weighted by atomic mass is 16.1. The van der Waals surface area contributed by atoms with E-state index >= 15 is 0 Å². The van der Waals surface area contributed by atoms with Crippen LogP contribution in [0.5, 0.6) is 0 Å². The molecule has 1 fully saturated rings. The molecule has 0 aliphatic heterocycles. The zero-order valence-electron chi connectivity index (χ0n) is 10.8. The van der Waals surface area contributed by atoms with Gasteiger partial charge in [-0.15, -0.1) is 0 Å². The van der Waals surface area contributed by atoms with Crippen molar-refractivity contribution in [2.45, 2.75) is 44.6 Å². The lowest BCUT2D eigenvalue weighted by atomic mass is 9.74. The van der Waals surface area contributed by atoms with Crippen molar-refractivity contribution in [3.05, 3.63) is 35.4 Å². The van der Waals surface area contributed by atoms with E-state index in [4.69, 9.17) is 0 Å². The first-order valence-electron chi connectivity index (χ1n) is 6.55. The van der Waals surface area contributed by atoms with Crippen LogP contribution in [0.1, 0.15) is 43.7 Å². The number of likely N-dealkylation sites (N-methyl/N-ethyl adjacent to an activating group) is 1. The van der Waals surface area contributed by atoms with E-state index < -0.39 is 5.54 Å². The zero-order valence-corrected chi connectivity index (χ0v) is 10.8. The molecule has 1 aromatic rings. The number of aryl methyl sites for hydroxylation is 1. The van der Waals surface area contributed by atoms with Crippen LogP contribution in [-0.2, 0) is 16.8 Å². The molecule has 1 aromatic carbocycles. The van der Waals surface area contributed by atoms with Gasteiger partial charge in [-0.3, -0.25) is 4.79 Å². The Labute approximate surface area is 103 Å². The number of hydrogen-bond acceptors (Lipinski definition) is 2. The number of nitrogens with one attached hydrogen (secondary N) is 1. The fraction of sp³-hybridized carbons (Fsp3) is 0.533. The van der Waals surface area contributed by atoms with Gasteiger partial charge in [0.15, 0.2) is 5.78 Å². The van der Waals surface area contributed by atoms with Crippen LogP contribution in [0.3, 0.4) is 0 Å². The summed E-state index contributed by atoms with van der Waals surface area (Å²) in [6, 6.07) is 8.34. The first kappa shape index (κ1) is 12.3. The molecule has 1 unspecified atom stereocenters. The SMILES string of the molecule is CCc1ccccc1C1(NC)CCCCC1=O. The van der Waals surface area contributed by atoms with Crippen molar-refractivity contribution >= 4 is 5.78 Å². The molecule has 1 atom stereocenters. The molecule has 1 saturated carbocycles. The molecule has 2 heteroatoms. The normalized spacial score (nSPS) is 24.9. The van der Waals surface area contributed by atoms with E-state index in [1.54, 1.807) is 0 Å². The molecule has 2 nitrogen and oxygen atoms in total.